The van der Waals surface area contributed by atoms with Gasteiger partial charge in [-0.25, -0.2) is 14.2 Å². The maximum atomic E-state index is 14.0. The third-order valence-corrected chi connectivity index (χ3v) is 8.65. The van der Waals surface area contributed by atoms with Crippen LogP contribution >= 0.6 is 11.8 Å². The number of likely N-dealkylation sites (tertiary alicyclic amines) is 1. The average Bonchev–Trinajstić information content (AvgIpc) is 3.19. The Kier molecular flexibility index (Phi) is 6.69. The van der Waals surface area contributed by atoms with E-state index in [0.29, 0.717) is 32.2 Å². The number of hydrogen-bond donors (Lipinski definition) is 1. The van der Waals surface area contributed by atoms with Crippen LogP contribution in [0.25, 0.3) is 11.0 Å². The van der Waals surface area contributed by atoms with E-state index < -0.39 is 11.4 Å². The highest BCUT2D eigenvalue weighted by Crippen LogP contribution is 2.30. The van der Waals surface area contributed by atoms with Crippen LogP contribution in [0.3, 0.4) is 0 Å². The molecule has 1 saturated carbocycles. The quantitative estimate of drug-likeness (QED) is 0.683. The van der Waals surface area contributed by atoms with Crippen LogP contribution < -0.4 is 16.6 Å². The Morgan fingerprint density at radius 1 is 1.06 bits per heavy atom. The lowest BCUT2D eigenvalue weighted by molar-refractivity contribution is -0.128. The molecule has 2 aromatic rings. The molecule has 0 spiro atoms. The molecule has 9 nitrogen and oxygen atoms in total. The number of nitrogens with zero attached hydrogens (tertiary/aromatic N) is 4. The summed E-state index contributed by atoms with van der Waals surface area (Å²) in [6, 6.07) is 0.728. The van der Waals surface area contributed by atoms with Crippen molar-refractivity contribution in [3.63, 3.8) is 0 Å². The molecule has 3 aliphatic rings. The number of nitrogens with one attached hydrogen (secondary N) is 1. The van der Waals surface area contributed by atoms with Gasteiger partial charge < -0.3 is 10.2 Å². The maximum absolute atomic E-state index is 14.0. The first kappa shape index (κ1) is 24.0. The smallest absolute Gasteiger partial charge is 0.333 e. The van der Waals surface area contributed by atoms with Gasteiger partial charge in [-0.2, -0.15) is 11.8 Å². The van der Waals surface area contributed by atoms with Gasteiger partial charge in [-0.3, -0.25) is 23.5 Å². The molecule has 35 heavy (non-hydrogen) atoms. The van der Waals surface area contributed by atoms with Gasteiger partial charge in [-0.1, -0.05) is 0 Å². The number of halogens is 1. The third kappa shape index (κ3) is 4.62. The Bertz CT molecular complexity index is 1260. The standard InChI is InChI=1S/C24H30FN5O4S/c1-28-13-14(10-20(28)31)22(32)27-16-2-4-17(5-3-16)30-23(33)19-11-15(25)12-26-21(19)29(24(30)34)18-6-8-35-9-7-18/h11-12,14,16-18H,2-10,13H2,1H3,(H,27,32)/t14?,16-,17+. The Labute approximate surface area is 206 Å². The zero-order valence-electron chi connectivity index (χ0n) is 19.7. The molecule has 2 amide bonds. The fraction of sp³-hybridized carbons (Fsp3) is 0.625. The molecular weight excluding hydrogens is 473 g/mol. The van der Waals surface area contributed by atoms with Gasteiger partial charge in [0.2, 0.25) is 11.8 Å². The van der Waals surface area contributed by atoms with Crippen molar-refractivity contribution in [3.05, 3.63) is 38.9 Å². The Morgan fingerprint density at radius 3 is 2.40 bits per heavy atom. The second-order valence-electron chi connectivity index (χ2n) is 9.89. The Hall–Kier alpha value is -2.69. The summed E-state index contributed by atoms with van der Waals surface area (Å²) in [4.78, 5) is 57.1. The van der Waals surface area contributed by atoms with E-state index in [4.69, 9.17) is 0 Å². The summed E-state index contributed by atoms with van der Waals surface area (Å²) in [5.41, 5.74) is -0.622. The van der Waals surface area contributed by atoms with E-state index in [1.165, 1.54) is 10.6 Å². The molecule has 2 saturated heterocycles. The summed E-state index contributed by atoms with van der Waals surface area (Å²) in [5.74, 6) is 0.763. The second kappa shape index (κ2) is 9.75. The van der Waals surface area contributed by atoms with E-state index in [1.807, 2.05) is 11.8 Å². The zero-order valence-corrected chi connectivity index (χ0v) is 20.6. The fourth-order valence-corrected chi connectivity index (χ4v) is 6.72. The topological polar surface area (TPSA) is 106 Å². The Balaban J connectivity index is 1.38. The van der Waals surface area contributed by atoms with E-state index in [0.717, 1.165) is 30.5 Å². The van der Waals surface area contributed by atoms with Crippen LogP contribution in [-0.2, 0) is 9.59 Å². The second-order valence-corrected chi connectivity index (χ2v) is 11.1. The highest BCUT2D eigenvalue weighted by Gasteiger charge is 2.34. The first-order chi connectivity index (χ1) is 16.8. The summed E-state index contributed by atoms with van der Waals surface area (Å²) >= 11 is 1.84. The molecule has 1 atom stereocenters. The number of fused-ring (bicyclic) bond motifs is 1. The Morgan fingerprint density at radius 2 is 1.74 bits per heavy atom. The van der Waals surface area contributed by atoms with Crippen molar-refractivity contribution in [2.45, 2.75) is 63.1 Å². The van der Waals surface area contributed by atoms with E-state index in [2.05, 4.69) is 10.3 Å². The summed E-state index contributed by atoms with van der Waals surface area (Å²) in [6.07, 6.45) is 5.24. The van der Waals surface area contributed by atoms with Crippen LogP contribution in [0, 0.1) is 11.7 Å². The lowest BCUT2D eigenvalue weighted by Crippen LogP contribution is -2.47. The van der Waals surface area contributed by atoms with Gasteiger partial charge in [-0.15, -0.1) is 0 Å². The highest BCUT2D eigenvalue weighted by molar-refractivity contribution is 7.99. The minimum atomic E-state index is -0.604. The molecule has 0 radical (unpaired) electrons. The molecule has 0 aromatic carbocycles. The SMILES string of the molecule is CN1CC(C(=O)N[C@H]2CC[C@@H](n3c(=O)c4cc(F)cnc4n(C4CCSCC4)c3=O)CC2)CC1=O. The molecule has 188 valence electrons. The van der Waals surface area contributed by atoms with Gasteiger partial charge in [0.05, 0.1) is 17.5 Å². The predicted molar refractivity (Wildman–Crippen MR) is 131 cm³/mol. The van der Waals surface area contributed by atoms with Crippen LogP contribution in [0.1, 0.15) is 57.0 Å². The molecule has 1 N–H and O–H groups in total. The van der Waals surface area contributed by atoms with Gasteiger partial charge in [0.1, 0.15) is 11.5 Å². The number of amides is 2. The van der Waals surface area contributed by atoms with Crippen molar-refractivity contribution in [1.29, 1.82) is 0 Å². The van der Waals surface area contributed by atoms with Crippen molar-refractivity contribution < 1.29 is 14.0 Å². The van der Waals surface area contributed by atoms with E-state index >= 15 is 0 Å². The van der Waals surface area contributed by atoms with Crippen LogP contribution in [0.15, 0.2) is 21.9 Å². The van der Waals surface area contributed by atoms with Crippen molar-refractivity contribution in [1.82, 2.24) is 24.3 Å². The number of pyridine rings is 1. The number of carbonyl (C=O) groups excluding carboxylic acids is 2. The molecule has 2 aromatic heterocycles. The van der Waals surface area contributed by atoms with Crippen LogP contribution in [0.2, 0.25) is 0 Å². The first-order valence-electron chi connectivity index (χ1n) is 12.3. The van der Waals surface area contributed by atoms with Gasteiger partial charge in [0.25, 0.3) is 5.56 Å². The largest absolute Gasteiger partial charge is 0.353 e. The maximum Gasteiger partial charge on any atom is 0.333 e. The molecule has 2 aliphatic heterocycles. The monoisotopic (exact) mass is 503 g/mol. The number of rotatable bonds is 4. The third-order valence-electron chi connectivity index (χ3n) is 7.60. The van der Waals surface area contributed by atoms with Crippen molar-refractivity contribution in [2.24, 2.45) is 5.92 Å². The number of hydrogen-bond acceptors (Lipinski definition) is 6. The molecule has 1 unspecified atom stereocenters. The molecule has 0 bridgehead atoms. The van der Waals surface area contributed by atoms with Crippen molar-refractivity contribution in [2.75, 3.05) is 25.1 Å². The van der Waals surface area contributed by atoms with Crippen molar-refractivity contribution in [3.8, 4) is 0 Å². The van der Waals surface area contributed by atoms with Gasteiger partial charge in [0, 0.05) is 38.1 Å². The lowest BCUT2D eigenvalue weighted by atomic mass is 9.90. The van der Waals surface area contributed by atoms with E-state index in [-0.39, 0.29) is 59.0 Å². The highest BCUT2D eigenvalue weighted by atomic mass is 32.2. The van der Waals surface area contributed by atoms with Gasteiger partial charge in [-0.05, 0) is 56.1 Å². The van der Waals surface area contributed by atoms with Crippen LogP contribution in [-0.4, -0.2) is 62.0 Å². The van der Waals surface area contributed by atoms with Crippen molar-refractivity contribution >= 4 is 34.6 Å². The van der Waals surface area contributed by atoms with Crippen LogP contribution in [0.5, 0.6) is 0 Å². The molecule has 1 aliphatic carbocycles. The zero-order chi connectivity index (χ0) is 24.7. The average molecular weight is 504 g/mol. The summed E-state index contributed by atoms with van der Waals surface area (Å²) in [7, 11) is 1.70. The van der Waals surface area contributed by atoms with Gasteiger partial charge >= 0.3 is 5.69 Å². The minimum absolute atomic E-state index is 0.0247. The number of aromatic nitrogens is 3. The number of thioether (sulfide) groups is 1. The molecule has 3 fully saturated rings. The molecular formula is C24H30FN5O4S. The summed E-state index contributed by atoms with van der Waals surface area (Å²) in [6.45, 7) is 0.427. The molecule has 5 rings (SSSR count). The number of carbonyl (C=O) groups is 2. The summed E-state index contributed by atoms with van der Waals surface area (Å²) in [5, 5.41) is 3.19. The fourth-order valence-electron chi connectivity index (χ4n) is 5.64. The minimum Gasteiger partial charge on any atom is -0.353 e. The lowest BCUT2D eigenvalue weighted by Gasteiger charge is -2.32. The van der Waals surface area contributed by atoms with E-state index in [1.54, 1.807) is 16.5 Å². The predicted octanol–water partition coefficient (Wildman–Crippen LogP) is 1.84. The first-order valence-corrected chi connectivity index (χ1v) is 13.4. The molecule has 11 heteroatoms. The van der Waals surface area contributed by atoms with Crippen LogP contribution in [0.4, 0.5) is 4.39 Å². The summed E-state index contributed by atoms with van der Waals surface area (Å²) < 4.78 is 17.0. The normalized spacial score (nSPS) is 25.8. The van der Waals surface area contributed by atoms with E-state index in [9.17, 15) is 23.6 Å². The van der Waals surface area contributed by atoms with Gasteiger partial charge in [0.15, 0.2) is 0 Å². The molecule has 4 heterocycles.